The Bertz CT molecular complexity index is 1670. The second-order valence-electron chi connectivity index (χ2n) is 11.4. The molecule has 0 spiro atoms. The van der Waals surface area contributed by atoms with Crippen molar-refractivity contribution in [1.82, 2.24) is 19.9 Å². The number of aromatic nitrogens is 4. The third-order valence-electron chi connectivity index (χ3n) is 8.80. The number of benzene rings is 2. The fourth-order valence-corrected chi connectivity index (χ4v) is 6.12. The average Bonchev–Trinajstić information content (AvgIpc) is 3.32. The van der Waals surface area contributed by atoms with Gasteiger partial charge in [-0.25, -0.2) is 9.97 Å². The van der Waals surface area contributed by atoms with Crippen LogP contribution in [-0.2, 0) is 5.41 Å². The van der Waals surface area contributed by atoms with Crippen molar-refractivity contribution in [3.63, 3.8) is 0 Å². The maximum atomic E-state index is 5.43. The predicted octanol–water partition coefficient (Wildman–Crippen LogP) is 7.53. The molecule has 0 aliphatic carbocycles. The largest absolute Gasteiger partial charge is 0.301 e. The molecule has 0 N–H and O–H groups in total. The minimum absolute atomic E-state index is 0.0364. The summed E-state index contributed by atoms with van der Waals surface area (Å²) in [5.74, 6) is 1.70. The number of rotatable bonds is 3. The highest BCUT2D eigenvalue weighted by atomic mass is 15.5. The SMILES string of the molecule is CC1(C)c2ccccc2N2c3nc(-c4cccnc4)c(-c4cccnc4)nc3N(c3ccccc3)C2C1(C)C. The topological polar surface area (TPSA) is 58.0 Å². The van der Waals surface area contributed by atoms with Gasteiger partial charge in [0.25, 0.3) is 0 Å². The predicted molar refractivity (Wildman–Crippen MR) is 156 cm³/mol. The second-order valence-corrected chi connectivity index (χ2v) is 11.4. The van der Waals surface area contributed by atoms with Gasteiger partial charge < -0.3 is 9.80 Å². The average molecular weight is 511 g/mol. The van der Waals surface area contributed by atoms with E-state index in [0.717, 1.165) is 39.8 Å². The molecule has 1 unspecified atom stereocenters. The Kier molecular flexibility index (Phi) is 5.11. The monoisotopic (exact) mass is 510 g/mol. The summed E-state index contributed by atoms with van der Waals surface area (Å²) in [6, 6.07) is 27.3. The number of anilines is 4. The Labute approximate surface area is 229 Å². The second kappa shape index (κ2) is 8.46. The van der Waals surface area contributed by atoms with Crippen LogP contribution < -0.4 is 9.80 Å². The Morgan fingerprint density at radius 3 is 1.77 bits per heavy atom. The highest BCUT2D eigenvalue weighted by Gasteiger charge is 2.59. The molecular weight excluding hydrogens is 480 g/mol. The van der Waals surface area contributed by atoms with Crippen LogP contribution in [0, 0.1) is 5.41 Å². The molecule has 0 saturated carbocycles. The Hall–Kier alpha value is -4.58. The molecule has 1 atom stereocenters. The van der Waals surface area contributed by atoms with Crippen LogP contribution >= 0.6 is 0 Å². The van der Waals surface area contributed by atoms with Crippen LogP contribution in [0.5, 0.6) is 0 Å². The molecule has 0 radical (unpaired) electrons. The van der Waals surface area contributed by atoms with Crippen molar-refractivity contribution >= 4 is 23.0 Å². The van der Waals surface area contributed by atoms with E-state index in [1.165, 1.54) is 11.3 Å². The smallest absolute Gasteiger partial charge is 0.179 e. The molecule has 5 heterocycles. The standard InChI is InChI=1S/C33H30N6/c1-32(2)25-16-8-9-17-26(25)39-30-29(38(31(39)33(32,3)4)24-14-6-5-7-15-24)36-27(22-12-10-18-34-20-22)28(37-30)23-13-11-19-35-21-23/h5-21,31H,1-4H3. The van der Waals surface area contributed by atoms with Gasteiger partial charge in [0.05, 0.1) is 0 Å². The molecule has 39 heavy (non-hydrogen) atoms. The van der Waals surface area contributed by atoms with E-state index in [-0.39, 0.29) is 17.0 Å². The first-order valence-electron chi connectivity index (χ1n) is 13.4. The van der Waals surface area contributed by atoms with Crippen LogP contribution in [0.4, 0.5) is 23.0 Å². The Morgan fingerprint density at radius 1 is 0.615 bits per heavy atom. The van der Waals surface area contributed by atoms with E-state index in [9.17, 15) is 0 Å². The summed E-state index contributed by atoms with van der Waals surface area (Å²) >= 11 is 0. The maximum absolute atomic E-state index is 5.43. The highest BCUT2D eigenvalue weighted by molar-refractivity contribution is 5.91. The molecule has 0 fully saturated rings. The van der Waals surface area contributed by atoms with Gasteiger partial charge >= 0.3 is 0 Å². The third-order valence-corrected chi connectivity index (χ3v) is 8.80. The summed E-state index contributed by atoms with van der Waals surface area (Å²) in [6.07, 6.45) is 7.24. The van der Waals surface area contributed by atoms with E-state index in [0.29, 0.717) is 0 Å². The van der Waals surface area contributed by atoms with Gasteiger partial charge in [-0.3, -0.25) is 9.97 Å². The maximum Gasteiger partial charge on any atom is 0.179 e. The quantitative estimate of drug-likeness (QED) is 0.250. The van der Waals surface area contributed by atoms with Gasteiger partial charge in [-0.05, 0) is 48.0 Å². The number of pyridine rings is 2. The molecule has 7 rings (SSSR count). The summed E-state index contributed by atoms with van der Waals surface area (Å²) in [5.41, 5.74) is 6.72. The number of para-hydroxylation sites is 2. The zero-order chi connectivity index (χ0) is 26.8. The molecule has 0 amide bonds. The molecule has 192 valence electrons. The lowest BCUT2D eigenvalue weighted by Crippen LogP contribution is -2.60. The van der Waals surface area contributed by atoms with Crippen molar-refractivity contribution in [2.45, 2.75) is 39.3 Å². The lowest BCUT2D eigenvalue weighted by Gasteiger charge is -2.56. The van der Waals surface area contributed by atoms with Gasteiger partial charge in [0, 0.05) is 58.1 Å². The van der Waals surface area contributed by atoms with Crippen LogP contribution in [0.15, 0.2) is 104 Å². The molecular formula is C33H30N6. The van der Waals surface area contributed by atoms with Gasteiger partial charge in [0.1, 0.15) is 17.6 Å². The minimum atomic E-state index is -0.178. The fraction of sp³-hybridized carbons (Fsp3) is 0.212. The molecule has 3 aromatic heterocycles. The highest BCUT2D eigenvalue weighted by Crippen LogP contribution is 2.61. The zero-order valence-corrected chi connectivity index (χ0v) is 22.6. The van der Waals surface area contributed by atoms with Crippen molar-refractivity contribution in [3.05, 3.63) is 109 Å². The van der Waals surface area contributed by atoms with Crippen LogP contribution in [0.25, 0.3) is 22.5 Å². The van der Waals surface area contributed by atoms with Gasteiger partial charge in [0.15, 0.2) is 11.6 Å². The number of nitrogens with zero attached hydrogens (tertiary/aromatic N) is 6. The number of hydrogen-bond acceptors (Lipinski definition) is 6. The van der Waals surface area contributed by atoms with Crippen LogP contribution in [-0.4, -0.2) is 26.1 Å². The minimum Gasteiger partial charge on any atom is -0.301 e. The molecule has 2 aromatic carbocycles. The summed E-state index contributed by atoms with van der Waals surface area (Å²) < 4.78 is 0. The van der Waals surface area contributed by atoms with Gasteiger partial charge in [-0.1, -0.05) is 64.1 Å². The normalized spacial score (nSPS) is 18.3. The van der Waals surface area contributed by atoms with Gasteiger partial charge in [0.2, 0.25) is 0 Å². The van der Waals surface area contributed by atoms with E-state index in [4.69, 9.17) is 9.97 Å². The van der Waals surface area contributed by atoms with E-state index in [2.05, 4.69) is 102 Å². The first-order chi connectivity index (χ1) is 18.9. The Morgan fingerprint density at radius 2 is 1.18 bits per heavy atom. The lowest BCUT2D eigenvalue weighted by atomic mass is 9.59. The zero-order valence-electron chi connectivity index (χ0n) is 22.6. The molecule has 0 bridgehead atoms. The summed E-state index contributed by atoms with van der Waals surface area (Å²) in [6.45, 7) is 9.45. The molecule has 0 saturated heterocycles. The molecule has 2 aliphatic heterocycles. The van der Waals surface area contributed by atoms with E-state index in [1.54, 1.807) is 12.4 Å². The van der Waals surface area contributed by atoms with E-state index >= 15 is 0 Å². The van der Waals surface area contributed by atoms with Crippen LogP contribution in [0.2, 0.25) is 0 Å². The number of fused-ring (bicyclic) bond motifs is 5. The van der Waals surface area contributed by atoms with Crippen LogP contribution in [0.3, 0.4) is 0 Å². The molecule has 2 aliphatic rings. The molecule has 6 nitrogen and oxygen atoms in total. The van der Waals surface area contributed by atoms with E-state index < -0.39 is 0 Å². The fourth-order valence-electron chi connectivity index (χ4n) is 6.12. The van der Waals surface area contributed by atoms with Gasteiger partial charge in [-0.2, -0.15) is 0 Å². The molecule has 6 heteroatoms. The van der Waals surface area contributed by atoms with Crippen LogP contribution in [0.1, 0.15) is 33.3 Å². The van der Waals surface area contributed by atoms with Gasteiger partial charge in [-0.15, -0.1) is 0 Å². The lowest BCUT2D eigenvalue weighted by molar-refractivity contribution is 0.146. The van der Waals surface area contributed by atoms with Crippen molar-refractivity contribution in [2.24, 2.45) is 5.41 Å². The Balaban J connectivity index is 1.58. The van der Waals surface area contributed by atoms with Crippen molar-refractivity contribution in [3.8, 4) is 22.5 Å². The third kappa shape index (κ3) is 3.34. The summed E-state index contributed by atoms with van der Waals surface area (Å²) in [4.78, 5) is 24.4. The van der Waals surface area contributed by atoms with Crippen molar-refractivity contribution < 1.29 is 0 Å². The number of hydrogen-bond donors (Lipinski definition) is 0. The first-order valence-corrected chi connectivity index (χ1v) is 13.4. The van der Waals surface area contributed by atoms with Crippen molar-refractivity contribution in [2.75, 3.05) is 9.80 Å². The van der Waals surface area contributed by atoms with Crippen molar-refractivity contribution in [1.29, 1.82) is 0 Å². The summed E-state index contributed by atoms with van der Waals surface area (Å²) in [5, 5.41) is 0. The first kappa shape index (κ1) is 23.5. The molecule has 5 aromatic rings. The summed E-state index contributed by atoms with van der Waals surface area (Å²) in [7, 11) is 0. The van der Waals surface area contributed by atoms with E-state index in [1.807, 2.05) is 36.7 Å².